The minimum Gasteiger partial charge on any atom is -0.333 e. The summed E-state index contributed by atoms with van der Waals surface area (Å²) in [5.41, 5.74) is 11.5. The molecule has 0 bridgehead atoms. The first-order chi connectivity index (χ1) is 28.6. The van der Waals surface area contributed by atoms with Gasteiger partial charge in [0.2, 0.25) is 0 Å². The normalized spacial score (nSPS) is 14.6. The fourth-order valence-electron chi connectivity index (χ4n) is 9.96. The molecule has 2 heteroatoms. The number of allylic oxidation sites excluding steroid dienone is 1. The summed E-state index contributed by atoms with van der Waals surface area (Å²) in [7, 11) is 0. The number of nitrogens with zero attached hydrogens (tertiary/aromatic N) is 2. The Morgan fingerprint density at radius 1 is 0.483 bits per heavy atom. The van der Waals surface area contributed by atoms with E-state index in [1.165, 1.54) is 98.5 Å². The van der Waals surface area contributed by atoms with Gasteiger partial charge in [-0.3, -0.25) is 0 Å². The van der Waals surface area contributed by atoms with Crippen LogP contribution in [0.1, 0.15) is 35.1 Å². The topological polar surface area (TPSA) is 6.48 Å². The molecule has 0 saturated heterocycles. The van der Waals surface area contributed by atoms with Crippen molar-refractivity contribution >= 4 is 89.8 Å². The van der Waals surface area contributed by atoms with Gasteiger partial charge in [-0.15, -0.1) is 0 Å². The molecule has 0 saturated carbocycles. The molecule has 0 aliphatic heterocycles. The third-order valence-corrected chi connectivity index (χ3v) is 12.8. The average molecular weight is 745 g/mol. The van der Waals surface area contributed by atoms with Gasteiger partial charge in [-0.25, -0.2) is 0 Å². The van der Waals surface area contributed by atoms with Crippen LogP contribution in [-0.4, -0.2) is 6.04 Å². The average Bonchev–Trinajstić information content (AvgIpc) is 3.28. The van der Waals surface area contributed by atoms with Crippen LogP contribution in [-0.2, 0) is 6.42 Å². The minimum atomic E-state index is 0.152. The molecule has 9 aromatic carbocycles. The molecule has 0 aromatic heterocycles. The van der Waals surface area contributed by atoms with E-state index in [0.717, 1.165) is 24.9 Å². The van der Waals surface area contributed by atoms with Crippen molar-refractivity contribution in [2.24, 2.45) is 0 Å². The van der Waals surface area contributed by atoms with Gasteiger partial charge < -0.3 is 9.80 Å². The van der Waals surface area contributed by atoms with Crippen LogP contribution in [0, 0.1) is 13.8 Å². The van der Waals surface area contributed by atoms with E-state index in [0.29, 0.717) is 0 Å². The minimum absolute atomic E-state index is 0.152. The smallest absolute Gasteiger partial charge is 0.0566 e. The van der Waals surface area contributed by atoms with Gasteiger partial charge in [-0.1, -0.05) is 152 Å². The molecule has 0 heterocycles. The van der Waals surface area contributed by atoms with E-state index in [1.807, 2.05) is 0 Å². The lowest BCUT2D eigenvalue weighted by molar-refractivity contribution is 0.827. The zero-order valence-corrected chi connectivity index (χ0v) is 33.0. The Labute approximate surface area is 339 Å². The Morgan fingerprint density at radius 2 is 1.03 bits per heavy atom. The van der Waals surface area contributed by atoms with Gasteiger partial charge >= 0.3 is 0 Å². The van der Waals surface area contributed by atoms with Crippen molar-refractivity contribution in [1.29, 1.82) is 0 Å². The van der Waals surface area contributed by atoms with E-state index in [-0.39, 0.29) is 6.04 Å². The number of hydrogen-bond donors (Lipinski definition) is 0. The lowest BCUT2D eigenvalue weighted by Gasteiger charge is -2.36. The maximum Gasteiger partial charge on any atom is 0.0566 e. The van der Waals surface area contributed by atoms with Crippen LogP contribution < -0.4 is 20.2 Å². The van der Waals surface area contributed by atoms with Gasteiger partial charge in [0.05, 0.1) is 17.4 Å². The first kappa shape index (κ1) is 34.4. The maximum absolute atomic E-state index is 2.65. The molecule has 9 aromatic rings. The first-order valence-electron chi connectivity index (χ1n) is 20.7. The van der Waals surface area contributed by atoms with Crippen LogP contribution in [0.4, 0.5) is 28.4 Å². The van der Waals surface area contributed by atoms with Gasteiger partial charge in [0, 0.05) is 33.2 Å². The monoisotopic (exact) mass is 744 g/mol. The van der Waals surface area contributed by atoms with Crippen molar-refractivity contribution < 1.29 is 0 Å². The zero-order valence-electron chi connectivity index (χ0n) is 33.0. The fraction of sp³-hybridized carbons (Fsp3) is 0.107. The SMILES string of the molecule is Cc1c2c(c(C)c3cc(N(c4cccc5ccccc45)c4cccc5ccccc45)ccc13)=CCC(N(c1cccc3c1CCC=C3)c1cccc3ccccc13)C=2. The Bertz CT molecular complexity index is 3170. The molecule has 278 valence electrons. The van der Waals surface area contributed by atoms with E-state index >= 15 is 0 Å². The summed E-state index contributed by atoms with van der Waals surface area (Å²) < 4.78 is 0. The van der Waals surface area contributed by atoms with E-state index in [2.05, 4.69) is 212 Å². The number of rotatable bonds is 6. The van der Waals surface area contributed by atoms with Crippen LogP contribution in [0.2, 0.25) is 0 Å². The summed E-state index contributed by atoms with van der Waals surface area (Å²) in [6.45, 7) is 4.66. The van der Waals surface area contributed by atoms with Crippen LogP contribution >= 0.6 is 0 Å². The number of aryl methyl sites for hydroxylation is 2. The van der Waals surface area contributed by atoms with Crippen LogP contribution in [0.15, 0.2) is 170 Å². The first-order valence-corrected chi connectivity index (χ1v) is 20.7. The number of benzene rings is 9. The van der Waals surface area contributed by atoms with E-state index < -0.39 is 0 Å². The van der Waals surface area contributed by atoms with Crippen molar-refractivity contribution in [1.82, 2.24) is 0 Å². The highest BCUT2D eigenvalue weighted by Gasteiger charge is 2.26. The molecule has 1 unspecified atom stereocenters. The zero-order chi connectivity index (χ0) is 38.7. The predicted molar refractivity (Wildman–Crippen MR) is 250 cm³/mol. The second-order valence-corrected chi connectivity index (χ2v) is 16.0. The maximum atomic E-state index is 2.65. The standard InChI is InChI=1S/C56H44N2/c1-37-45-33-31-44(58(55-29-13-21-41-17-5-9-25-49(41)55)56-30-14-22-42-18-6-10-26-50(42)56)36-52(45)38(2)46-34-32-43(35-51(37)46)57(53-27-11-19-39-15-3-7-23-47(39)53)54-28-12-20-40-16-4-8-24-48(40)54/h3-9,11-25,27-30,32-36,44H,10,26,31H2,1-2H3. The van der Waals surface area contributed by atoms with E-state index in [4.69, 9.17) is 0 Å². The molecule has 2 aliphatic carbocycles. The van der Waals surface area contributed by atoms with E-state index in [1.54, 1.807) is 0 Å². The molecular weight excluding hydrogens is 701 g/mol. The van der Waals surface area contributed by atoms with Crippen LogP contribution in [0.5, 0.6) is 0 Å². The van der Waals surface area contributed by atoms with Crippen molar-refractivity contribution in [3.63, 3.8) is 0 Å². The number of fused-ring (bicyclic) bond motifs is 6. The molecule has 0 amide bonds. The third kappa shape index (κ3) is 5.55. The number of hydrogen-bond acceptors (Lipinski definition) is 2. The molecule has 1 atom stereocenters. The molecule has 0 N–H and O–H groups in total. The van der Waals surface area contributed by atoms with Gasteiger partial charge in [-0.2, -0.15) is 0 Å². The highest BCUT2D eigenvalue weighted by atomic mass is 15.2. The molecule has 0 radical (unpaired) electrons. The third-order valence-electron chi connectivity index (χ3n) is 12.8. The Hall–Kier alpha value is -6.90. The largest absolute Gasteiger partial charge is 0.333 e. The van der Waals surface area contributed by atoms with Crippen molar-refractivity contribution in [2.45, 2.75) is 39.2 Å². The van der Waals surface area contributed by atoms with Gasteiger partial charge in [0.1, 0.15) is 0 Å². The van der Waals surface area contributed by atoms with Crippen LogP contribution in [0.3, 0.4) is 0 Å². The predicted octanol–water partition coefficient (Wildman–Crippen LogP) is 13.5. The van der Waals surface area contributed by atoms with E-state index in [9.17, 15) is 0 Å². The summed E-state index contributed by atoms with van der Waals surface area (Å²) in [5, 5.41) is 12.8. The Kier molecular flexibility index (Phi) is 8.25. The van der Waals surface area contributed by atoms with Gasteiger partial charge in [-0.05, 0) is 129 Å². The second kappa shape index (κ2) is 13.9. The highest BCUT2D eigenvalue weighted by molar-refractivity contribution is 6.06. The molecular formula is C56H44N2. The molecule has 0 spiro atoms. The molecule has 58 heavy (non-hydrogen) atoms. The van der Waals surface area contributed by atoms with Gasteiger partial charge in [0.25, 0.3) is 0 Å². The molecule has 11 rings (SSSR count). The molecule has 2 aliphatic rings. The molecule has 2 nitrogen and oxygen atoms in total. The summed E-state index contributed by atoms with van der Waals surface area (Å²) in [5.74, 6) is 0. The summed E-state index contributed by atoms with van der Waals surface area (Å²) in [4.78, 5) is 5.12. The quantitative estimate of drug-likeness (QED) is 0.167. The van der Waals surface area contributed by atoms with Gasteiger partial charge in [0.15, 0.2) is 0 Å². The lowest BCUT2D eigenvalue weighted by atomic mass is 9.89. The summed E-state index contributed by atoms with van der Waals surface area (Å²) in [6, 6.07) is 60.6. The Balaban J connectivity index is 1.10. The summed E-state index contributed by atoms with van der Waals surface area (Å²) >= 11 is 0. The van der Waals surface area contributed by atoms with Crippen LogP contribution in [0.25, 0.3) is 61.3 Å². The summed E-state index contributed by atoms with van der Waals surface area (Å²) in [6.07, 6.45) is 12.8. The lowest BCUT2D eigenvalue weighted by Crippen LogP contribution is -2.41. The van der Waals surface area contributed by atoms with Crippen molar-refractivity contribution in [3.05, 3.63) is 203 Å². The number of anilines is 5. The second-order valence-electron chi connectivity index (χ2n) is 16.0. The highest BCUT2D eigenvalue weighted by Crippen LogP contribution is 2.44. The Morgan fingerprint density at radius 3 is 1.71 bits per heavy atom. The van der Waals surface area contributed by atoms with Crippen molar-refractivity contribution in [3.8, 4) is 0 Å². The van der Waals surface area contributed by atoms with Crippen molar-refractivity contribution in [2.75, 3.05) is 9.80 Å². The molecule has 0 fully saturated rings. The fourth-order valence-corrected chi connectivity index (χ4v) is 9.96.